The number of carboxylic acid groups (broad SMARTS) is 1. The first kappa shape index (κ1) is 8.90. The number of carbonyl (C=O) groups is 2. The van der Waals surface area contributed by atoms with E-state index in [2.05, 4.69) is 0 Å². The van der Waals surface area contributed by atoms with Gasteiger partial charge in [-0.1, -0.05) is 0 Å². The molecule has 1 unspecified atom stereocenters. The second-order valence-corrected chi connectivity index (χ2v) is 1.88. The third kappa shape index (κ3) is 2.02. The van der Waals surface area contributed by atoms with Crippen LogP contribution >= 0.6 is 0 Å². The number of hydroxylamine groups is 2. The lowest BCUT2D eigenvalue weighted by molar-refractivity contribution is -0.182. The van der Waals surface area contributed by atoms with Crippen molar-refractivity contribution in [2.24, 2.45) is 0 Å². The molecule has 10 heavy (non-hydrogen) atoms. The molecule has 0 aliphatic heterocycles. The van der Waals surface area contributed by atoms with Gasteiger partial charge in [0.2, 0.25) is 5.91 Å². The van der Waals surface area contributed by atoms with Gasteiger partial charge in [-0.2, -0.15) is 0 Å². The second-order valence-electron chi connectivity index (χ2n) is 1.88. The van der Waals surface area contributed by atoms with E-state index < -0.39 is 17.9 Å². The largest absolute Gasteiger partial charge is 0.480 e. The van der Waals surface area contributed by atoms with Gasteiger partial charge in [-0.25, -0.2) is 9.86 Å². The number of hydrogen-bond acceptors (Lipinski definition) is 3. The minimum absolute atomic E-state index is 0.169. The molecule has 0 saturated carbocycles. The Labute approximate surface area is 57.8 Å². The van der Waals surface area contributed by atoms with Crippen LogP contribution in [-0.4, -0.2) is 33.3 Å². The molecule has 1 atom stereocenters. The minimum Gasteiger partial charge on any atom is -0.480 e. The highest BCUT2D eigenvalue weighted by Gasteiger charge is 2.20. The molecule has 5 nitrogen and oxygen atoms in total. The van der Waals surface area contributed by atoms with E-state index >= 15 is 0 Å². The lowest BCUT2D eigenvalue weighted by atomic mass is 10.3. The third-order valence-corrected chi connectivity index (χ3v) is 1.05. The molecule has 0 rings (SSSR count). The number of carboxylic acids is 1. The predicted molar refractivity (Wildman–Crippen MR) is 31.4 cm³/mol. The van der Waals surface area contributed by atoms with Crippen molar-refractivity contribution in [2.45, 2.75) is 19.9 Å². The van der Waals surface area contributed by atoms with E-state index in [0.29, 0.717) is 0 Å². The Kier molecular flexibility index (Phi) is 2.82. The molecule has 0 aliphatic carbocycles. The fraction of sp³-hybridized carbons (Fsp3) is 0.600. The number of carbonyl (C=O) groups excluding carboxylic acids is 1. The second kappa shape index (κ2) is 3.17. The maximum Gasteiger partial charge on any atom is 0.328 e. The predicted octanol–water partition coefficient (Wildman–Crippen LogP) is -0.303. The Morgan fingerprint density at radius 1 is 1.50 bits per heavy atom. The molecule has 0 fully saturated rings. The molecule has 0 aromatic heterocycles. The number of rotatable bonds is 2. The zero-order valence-corrected chi connectivity index (χ0v) is 5.74. The van der Waals surface area contributed by atoms with Crippen LogP contribution in [0.25, 0.3) is 0 Å². The Balaban J connectivity index is 4.07. The lowest BCUT2D eigenvalue weighted by Gasteiger charge is -2.16. The zero-order valence-electron chi connectivity index (χ0n) is 5.74. The van der Waals surface area contributed by atoms with E-state index in [1.165, 1.54) is 6.92 Å². The molecule has 2 N–H and O–H groups in total. The average molecular weight is 147 g/mol. The van der Waals surface area contributed by atoms with Gasteiger partial charge in [-0.3, -0.25) is 10.0 Å². The summed E-state index contributed by atoms with van der Waals surface area (Å²) >= 11 is 0. The molecular weight excluding hydrogens is 138 g/mol. The Bertz CT molecular complexity index is 138. The SMILES string of the molecule is CC(=O)N(O)C(C)C(=O)O. The monoisotopic (exact) mass is 147 g/mol. The van der Waals surface area contributed by atoms with Gasteiger partial charge in [0.05, 0.1) is 0 Å². The Morgan fingerprint density at radius 2 is 1.90 bits per heavy atom. The summed E-state index contributed by atoms with van der Waals surface area (Å²) in [6, 6.07) is -1.18. The summed E-state index contributed by atoms with van der Waals surface area (Å²) in [5.41, 5.74) is 0. The number of nitrogens with zero attached hydrogens (tertiary/aromatic N) is 1. The van der Waals surface area contributed by atoms with Crippen molar-refractivity contribution in [3.05, 3.63) is 0 Å². The van der Waals surface area contributed by atoms with Crippen LogP contribution in [0.4, 0.5) is 0 Å². The van der Waals surface area contributed by atoms with Gasteiger partial charge in [0.1, 0.15) is 0 Å². The summed E-state index contributed by atoms with van der Waals surface area (Å²) in [5.74, 6) is -1.92. The van der Waals surface area contributed by atoms with Gasteiger partial charge in [0.25, 0.3) is 0 Å². The number of hydrogen-bond donors (Lipinski definition) is 2. The molecule has 0 bridgehead atoms. The first-order valence-corrected chi connectivity index (χ1v) is 2.68. The van der Waals surface area contributed by atoms with Crippen LogP contribution in [0.2, 0.25) is 0 Å². The van der Waals surface area contributed by atoms with Crippen LogP contribution in [0.5, 0.6) is 0 Å². The summed E-state index contributed by atoms with van der Waals surface area (Å²) in [5, 5.41) is 17.1. The van der Waals surface area contributed by atoms with Crippen LogP contribution in [0.15, 0.2) is 0 Å². The molecule has 1 amide bonds. The summed E-state index contributed by atoms with van der Waals surface area (Å²) in [7, 11) is 0. The molecule has 5 heteroatoms. The van der Waals surface area contributed by atoms with Crippen molar-refractivity contribution in [3.8, 4) is 0 Å². The van der Waals surface area contributed by atoms with Gasteiger partial charge in [-0.15, -0.1) is 0 Å². The molecule has 0 heterocycles. The van der Waals surface area contributed by atoms with Crippen LogP contribution < -0.4 is 0 Å². The topological polar surface area (TPSA) is 77.8 Å². The van der Waals surface area contributed by atoms with E-state index in [4.69, 9.17) is 10.3 Å². The highest BCUT2D eigenvalue weighted by Crippen LogP contribution is 1.94. The van der Waals surface area contributed by atoms with E-state index in [1.54, 1.807) is 0 Å². The Hall–Kier alpha value is -1.10. The fourth-order valence-electron chi connectivity index (χ4n) is 0.377. The molecule has 0 aromatic carbocycles. The molecular formula is C5H9NO4. The van der Waals surface area contributed by atoms with E-state index in [0.717, 1.165) is 6.92 Å². The first-order valence-electron chi connectivity index (χ1n) is 2.68. The smallest absolute Gasteiger partial charge is 0.328 e. The van der Waals surface area contributed by atoms with Crippen LogP contribution in [-0.2, 0) is 9.59 Å². The van der Waals surface area contributed by atoms with Crippen molar-refractivity contribution in [1.82, 2.24) is 5.06 Å². The molecule has 0 aliphatic rings. The summed E-state index contributed by atoms with van der Waals surface area (Å²) in [4.78, 5) is 20.4. The van der Waals surface area contributed by atoms with Crippen molar-refractivity contribution in [3.63, 3.8) is 0 Å². The van der Waals surface area contributed by atoms with Crippen LogP contribution in [0.3, 0.4) is 0 Å². The van der Waals surface area contributed by atoms with E-state index in [1.807, 2.05) is 0 Å². The van der Waals surface area contributed by atoms with Gasteiger partial charge in [-0.05, 0) is 6.92 Å². The molecule has 0 radical (unpaired) electrons. The maximum atomic E-state index is 10.3. The lowest BCUT2D eigenvalue weighted by Crippen LogP contribution is -2.39. The molecule has 0 aromatic rings. The van der Waals surface area contributed by atoms with Crippen LogP contribution in [0.1, 0.15) is 13.8 Å². The van der Waals surface area contributed by atoms with E-state index in [9.17, 15) is 9.59 Å². The summed E-state index contributed by atoms with van der Waals surface area (Å²) < 4.78 is 0. The van der Waals surface area contributed by atoms with Gasteiger partial charge >= 0.3 is 5.97 Å². The maximum absolute atomic E-state index is 10.3. The first-order chi connectivity index (χ1) is 4.46. The quantitative estimate of drug-likeness (QED) is 0.415. The standard InChI is InChI=1S/C5H9NO4/c1-3(5(8)9)6(10)4(2)7/h3,10H,1-2H3,(H,8,9). The van der Waals surface area contributed by atoms with Crippen molar-refractivity contribution in [2.75, 3.05) is 0 Å². The van der Waals surface area contributed by atoms with Gasteiger partial charge in [0.15, 0.2) is 6.04 Å². The highest BCUT2D eigenvalue weighted by molar-refractivity contribution is 5.80. The average Bonchev–Trinajstić information content (AvgIpc) is 1.84. The summed E-state index contributed by atoms with van der Waals surface area (Å²) in [6.07, 6.45) is 0. The normalized spacial score (nSPS) is 12.3. The van der Waals surface area contributed by atoms with E-state index in [-0.39, 0.29) is 5.06 Å². The number of amides is 1. The third-order valence-electron chi connectivity index (χ3n) is 1.05. The molecule has 0 saturated heterocycles. The van der Waals surface area contributed by atoms with Crippen molar-refractivity contribution < 1.29 is 19.9 Å². The van der Waals surface area contributed by atoms with Gasteiger partial charge in [0, 0.05) is 6.92 Å². The van der Waals surface area contributed by atoms with Crippen molar-refractivity contribution >= 4 is 11.9 Å². The number of aliphatic carboxylic acids is 1. The van der Waals surface area contributed by atoms with Crippen LogP contribution in [0, 0.1) is 0 Å². The van der Waals surface area contributed by atoms with Gasteiger partial charge < -0.3 is 5.11 Å². The summed E-state index contributed by atoms with van der Waals surface area (Å²) in [6.45, 7) is 2.29. The highest BCUT2D eigenvalue weighted by atomic mass is 16.5. The Morgan fingerprint density at radius 3 is 2.00 bits per heavy atom. The fourth-order valence-corrected chi connectivity index (χ4v) is 0.377. The minimum atomic E-state index is -1.24. The molecule has 0 spiro atoms. The zero-order chi connectivity index (χ0) is 8.31. The molecule has 58 valence electrons. The van der Waals surface area contributed by atoms with Crippen molar-refractivity contribution in [1.29, 1.82) is 0 Å².